The summed E-state index contributed by atoms with van der Waals surface area (Å²) in [5.41, 5.74) is 1.98. The molecule has 1 saturated heterocycles. The largest absolute Gasteiger partial charge is 0.497 e. The molecular formula is C25H34N2O5S. The zero-order valence-electron chi connectivity index (χ0n) is 19.6. The molecule has 0 aliphatic carbocycles. The number of ether oxygens (including phenoxy) is 2. The molecule has 1 atom stereocenters. The minimum Gasteiger partial charge on any atom is -0.497 e. The Hall–Kier alpha value is -2.58. The van der Waals surface area contributed by atoms with Crippen LogP contribution < -0.4 is 14.8 Å². The summed E-state index contributed by atoms with van der Waals surface area (Å²) in [6.45, 7) is 2.66. The van der Waals surface area contributed by atoms with Crippen molar-refractivity contribution in [2.45, 2.75) is 38.6 Å². The van der Waals surface area contributed by atoms with Gasteiger partial charge in [0.1, 0.15) is 11.5 Å². The van der Waals surface area contributed by atoms with Gasteiger partial charge in [0.25, 0.3) is 0 Å². The van der Waals surface area contributed by atoms with Gasteiger partial charge in [-0.2, -0.15) is 0 Å². The number of hydrogen-bond donors (Lipinski definition) is 1. The molecule has 3 rings (SSSR count). The van der Waals surface area contributed by atoms with Gasteiger partial charge < -0.3 is 14.8 Å². The lowest BCUT2D eigenvalue weighted by Gasteiger charge is -2.31. The topological polar surface area (TPSA) is 84.9 Å². The van der Waals surface area contributed by atoms with E-state index in [1.165, 1.54) is 4.31 Å². The van der Waals surface area contributed by atoms with Gasteiger partial charge in [-0.15, -0.1) is 0 Å². The molecule has 2 aromatic rings. The maximum Gasteiger partial charge on any atom is 0.223 e. The van der Waals surface area contributed by atoms with Gasteiger partial charge in [-0.1, -0.05) is 30.3 Å². The maximum atomic E-state index is 12.9. The summed E-state index contributed by atoms with van der Waals surface area (Å²) in [7, 11) is -0.125. The number of benzene rings is 2. The quantitative estimate of drug-likeness (QED) is 0.569. The summed E-state index contributed by atoms with van der Waals surface area (Å²) < 4.78 is 37.7. The lowest BCUT2D eigenvalue weighted by atomic mass is 9.96. The van der Waals surface area contributed by atoms with Crippen LogP contribution in [0, 0.1) is 5.92 Å². The van der Waals surface area contributed by atoms with Crippen LogP contribution in [0.15, 0.2) is 48.5 Å². The van der Waals surface area contributed by atoms with Crippen LogP contribution in [0.3, 0.4) is 0 Å². The SMILES string of the molecule is COc1ccc(OC)c([C@@H](C)NC(=O)C2CCN(S(=O)(=O)CCCc3ccccc3)CC2)c1. The van der Waals surface area contributed by atoms with Crippen molar-refractivity contribution in [2.75, 3.05) is 33.1 Å². The van der Waals surface area contributed by atoms with Crippen molar-refractivity contribution >= 4 is 15.9 Å². The molecule has 1 N–H and O–H groups in total. The number of carbonyl (C=O) groups excluding carboxylic acids is 1. The Morgan fingerprint density at radius 1 is 1.09 bits per heavy atom. The highest BCUT2D eigenvalue weighted by atomic mass is 32.2. The third-order valence-electron chi connectivity index (χ3n) is 6.19. The molecule has 33 heavy (non-hydrogen) atoms. The Labute approximate surface area is 197 Å². The van der Waals surface area contributed by atoms with Crippen molar-refractivity contribution in [2.24, 2.45) is 5.92 Å². The third kappa shape index (κ3) is 6.71. The summed E-state index contributed by atoms with van der Waals surface area (Å²) in [4.78, 5) is 12.9. The van der Waals surface area contributed by atoms with Gasteiger partial charge in [0, 0.05) is 24.6 Å². The van der Waals surface area contributed by atoms with E-state index in [0.717, 1.165) is 17.5 Å². The van der Waals surface area contributed by atoms with E-state index in [9.17, 15) is 13.2 Å². The van der Waals surface area contributed by atoms with Gasteiger partial charge in [0.15, 0.2) is 0 Å². The number of rotatable bonds is 10. The van der Waals surface area contributed by atoms with E-state index in [1.807, 2.05) is 55.5 Å². The van der Waals surface area contributed by atoms with Gasteiger partial charge in [-0.3, -0.25) is 4.79 Å². The number of carbonyl (C=O) groups is 1. The van der Waals surface area contributed by atoms with Crippen LogP contribution in [0.2, 0.25) is 0 Å². The Morgan fingerprint density at radius 3 is 2.42 bits per heavy atom. The smallest absolute Gasteiger partial charge is 0.223 e. The molecule has 0 spiro atoms. The van der Waals surface area contributed by atoms with Crippen LogP contribution in [0.1, 0.15) is 43.4 Å². The lowest BCUT2D eigenvalue weighted by molar-refractivity contribution is -0.126. The van der Waals surface area contributed by atoms with Gasteiger partial charge in [-0.05, 0) is 56.4 Å². The summed E-state index contributed by atoms with van der Waals surface area (Å²) in [5.74, 6) is 1.23. The first-order valence-electron chi connectivity index (χ1n) is 11.4. The second-order valence-corrected chi connectivity index (χ2v) is 10.5. The Balaban J connectivity index is 1.50. The van der Waals surface area contributed by atoms with Crippen LogP contribution in [0.5, 0.6) is 11.5 Å². The zero-order valence-corrected chi connectivity index (χ0v) is 20.4. The minimum atomic E-state index is -3.31. The van der Waals surface area contributed by atoms with E-state index in [4.69, 9.17) is 9.47 Å². The summed E-state index contributed by atoms with van der Waals surface area (Å²) >= 11 is 0. The second-order valence-electron chi connectivity index (χ2n) is 8.42. The average Bonchev–Trinajstić information content (AvgIpc) is 2.84. The Kier molecular flexibility index (Phi) is 8.74. The van der Waals surface area contributed by atoms with Gasteiger partial charge in [-0.25, -0.2) is 12.7 Å². The van der Waals surface area contributed by atoms with E-state index < -0.39 is 10.0 Å². The summed E-state index contributed by atoms with van der Waals surface area (Å²) in [6, 6.07) is 15.1. The first-order valence-corrected chi connectivity index (χ1v) is 13.0. The fraction of sp³-hybridized carbons (Fsp3) is 0.480. The standard InChI is InChI=1S/C25H34N2O5S/c1-19(23-18-22(31-2)11-12-24(23)32-3)26-25(28)21-13-15-27(16-14-21)33(29,30)17-7-10-20-8-5-4-6-9-20/h4-6,8-9,11-12,18-19,21H,7,10,13-17H2,1-3H3,(H,26,28)/t19-/m1/s1. The first kappa shape index (κ1) is 25.1. The molecule has 1 heterocycles. The molecule has 2 aromatic carbocycles. The van der Waals surface area contributed by atoms with Crippen molar-refractivity contribution in [3.05, 3.63) is 59.7 Å². The highest BCUT2D eigenvalue weighted by Crippen LogP contribution is 2.30. The predicted octanol–water partition coefficient (Wildman–Crippen LogP) is 3.56. The fourth-order valence-corrected chi connectivity index (χ4v) is 5.75. The first-order chi connectivity index (χ1) is 15.8. The fourth-order valence-electron chi connectivity index (χ4n) is 4.22. The van der Waals surface area contributed by atoms with Crippen molar-refractivity contribution in [3.63, 3.8) is 0 Å². The number of nitrogens with zero attached hydrogens (tertiary/aromatic N) is 1. The number of methoxy groups -OCH3 is 2. The molecule has 1 fully saturated rings. The van der Waals surface area contributed by atoms with Crippen molar-refractivity contribution < 1.29 is 22.7 Å². The average molecular weight is 475 g/mol. The molecule has 8 heteroatoms. The van der Waals surface area contributed by atoms with Crippen LogP contribution in [-0.4, -0.2) is 51.7 Å². The van der Waals surface area contributed by atoms with E-state index in [2.05, 4.69) is 5.32 Å². The van der Waals surface area contributed by atoms with Gasteiger partial charge in [0.05, 0.1) is 26.0 Å². The molecule has 0 unspecified atom stereocenters. The molecule has 0 radical (unpaired) electrons. The monoisotopic (exact) mass is 474 g/mol. The van der Waals surface area contributed by atoms with Gasteiger partial charge >= 0.3 is 0 Å². The summed E-state index contributed by atoms with van der Waals surface area (Å²) in [5, 5.41) is 3.06. The lowest BCUT2D eigenvalue weighted by Crippen LogP contribution is -2.44. The number of piperidine rings is 1. The van der Waals surface area contributed by atoms with E-state index in [1.54, 1.807) is 14.2 Å². The molecule has 1 aliphatic rings. The van der Waals surface area contributed by atoms with Crippen molar-refractivity contribution in [1.82, 2.24) is 9.62 Å². The Bertz CT molecular complexity index is 1020. The highest BCUT2D eigenvalue weighted by molar-refractivity contribution is 7.89. The molecular weight excluding hydrogens is 440 g/mol. The number of sulfonamides is 1. The van der Waals surface area contributed by atoms with Crippen LogP contribution in [0.25, 0.3) is 0 Å². The van der Waals surface area contributed by atoms with Crippen LogP contribution >= 0.6 is 0 Å². The number of hydrogen-bond acceptors (Lipinski definition) is 5. The van der Waals surface area contributed by atoms with Crippen molar-refractivity contribution in [3.8, 4) is 11.5 Å². The normalized spacial score (nSPS) is 16.2. The third-order valence-corrected chi connectivity index (χ3v) is 8.15. The van der Waals surface area contributed by atoms with Crippen LogP contribution in [0.4, 0.5) is 0 Å². The zero-order chi connectivity index (χ0) is 23.8. The summed E-state index contributed by atoms with van der Waals surface area (Å²) in [6.07, 6.45) is 2.37. The van der Waals surface area contributed by atoms with E-state index in [-0.39, 0.29) is 23.6 Å². The van der Waals surface area contributed by atoms with E-state index >= 15 is 0 Å². The molecule has 1 amide bonds. The molecule has 0 saturated carbocycles. The number of amides is 1. The second kappa shape index (κ2) is 11.5. The van der Waals surface area contributed by atoms with Crippen molar-refractivity contribution in [1.29, 1.82) is 0 Å². The minimum absolute atomic E-state index is 0.0616. The highest BCUT2D eigenvalue weighted by Gasteiger charge is 2.31. The molecule has 0 aromatic heterocycles. The molecule has 180 valence electrons. The molecule has 0 bridgehead atoms. The van der Waals surface area contributed by atoms with Gasteiger partial charge in [0.2, 0.25) is 15.9 Å². The maximum absolute atomic E-state index is 12.9. The predicted molar refractivity (Wildman–Crippen MR) is 129 cm³/mol. The van der Waals surface area contributed by atoms with Crippen LogP contribution in [-0.2, 0) is 21.2 Å². The Morgan fingerprint density at radius 2 is 1.79 bits per heavy atom. The molecule has 7 nitrogen and oxygen atoms in total. The molecule has 1 aliphatic heterocycles. The van der Waals surface area contributed by atoms with E-state index in [0.29, 0.717) is 43.9 Å². The number of nitrogens with one attached hydrogen (secondary N) is 1. The number of aryl methyl sites for hydroxylation is 1.